The Hall–Kier alpha value is -1.82. The number of nitrogen functional groups attached to an aromatic ring is 1. The fraction of sp³-hybridized carbons (Fsp3) is 0.467. The highest BCUT2D eigenvalue weighted by molar-refractivity contribution is 7.09. The zero-order chi connectivity index (χ0) is 15.5. The summed E-state index contributed by atoms with van der Waals surface area (Å²) in [6.45, 7) is 8.03. The highest BCUT2D eigenvalue weighted by Gasteiger charge is 2.17. The smallest absolute Gasteiger partial charge is 0.239 e. The summed E-state index contributed by atoms with van der Waals surface area (Å²) in [6, 6.07) is 3.81. The average Bonchev–Trinajstić information content (AvgIpc) is 2.91. The quantitative estimate of drug-likeness (QED) is 0.877. The van der Waals surface area contributed by atoms with E-state index in [1.54, 1.807) is 11.3 Å². The van der Waals surface area contributed by atoms with Crippen LogP contribution in [0.5, 0.6) is 5.88 Å². The van der Waals surface area contributed by atoms with E-state index in [4.69, 9.17) is 10.5 Å². The molecule has 21 heavy (non-hydrogen) atoms. The van der Waals surface area contributed by atoms with Crippen molar-refractivity contribution in [3.8, 4) is 5.88 Å². The van der Waals surface area contributed by atoms with Gasteiger partial charge in [0.1, 0.15) is 16.4 Å². The molecule has 0 aliphatic carbocycles. The molecule has 0 saturated carbocycles. The normalized spacial score (nSPS) is 13.0. The van der Waals surface area contributed by atoms with Crippen LogP contribution >= 0.6 is 11.3 Å². The zero-order valence-electron chi connectivity index (χ0n) is 12.9. The van der Waals surface area contributed by atoms with Gasteiger partial charge in [0.25, 0.3) is 0 Å². The van der Waals surface area contributed by atoms with Crippen LogP contribution in [0.25, 0.3) is 0 Å². The van der Waals surface area contributed by atoms with Crippen molar-refractivity contribution in [2.24, 2.45) is 0 Å². The van der Waals surface area contributed by atoms with E-state index in [-0.39, 0.29) is 11.6 Å². The molecule has 0 aromatic carbocycles. The maximum Gasteiger partial charge on any atom is 0.239 e. The number of hydrogen-bond acceptors (Lipinski definition) is 6. The van der Waals surface area contributed by atoms with Crippen LogP contribution in [-0.4, -0.2) is 15.6 Å². The van der Waals surface area contributed by atoms with Crippen molar-refractivity contribution < 1.29 is 4.74 Å². The number of thiazole rings is 1. The average molecular weight is 306 g/mol. The second-order valence-corrected chi connectivity index (χ2v) is 6.71. The Morgan fingerprint density at radius 1 is 1.38 bits per heavy atom. The summed E-state index contributed by atoms with van der Waals surface area (Å²) in [4.78, 5) is 8.83. The fourth-order valence-corrected chi connectivity index (χ4v) is 2.60. The highest BCUT2D eigenvalue weighted by atomic mass is 32.1. The van der Waals surface area contributed by atoms with Gasteiger partial charge in [0, 0.05) is 11.6 Å². The van der Waals surface area contributed by atoms with Crippen molar-refractivity contribution in [3.63, 3.8) is 0 Å². The highest BCUT2D eigenvalue weighted by Crippen LogP contribution is 2.28. The number of rotatable bonds is 5. The van der Waals surface area contributed by atoms with Crippen molar-refractivity contribution in [2.45, 2.75) is 45.8 Å². The van der Waals surface area contributed by atoms with Gasteiger partial charge in [-0.05, 0) is 39.3 Å². The van der Waals surface area contributed by atoms with Crippen molar-refractivity contribution in [3.05, 3.63) is 28.7 Å². The number of nitrogens with zero attached hydrogens (tertiary/aromatic N) is 2. The molecule has 1 unspecified atom stereocenters. The molecule has 0 amide bonds. The third kappa shape index (κ3) is 4.32. The molecule has 0 radical (unpaired) electrons. The topological polar surface area (TPSA) is 73.1 Å². The standard InChI is InChI=1S/C15H22N4OS/c1-5-11(14-17-8-9-21-14)18-12-7-6-10(16)13(19-12)20-15(2,3)4/h6-9,11H,5,16H2,1-4H3,(H,18,19). The lowest BCUT2D eigenvalue weighted by Gasteiger charge is -2.22. The van der Waals surface area contributed by atoms with Crippen LogP contribution in [0.1, 0.15) is 45.2 Å². The first-order chi connectivity index (χ1) is 9.89. The predicted octanol–water partition coefficient (Wildman–Crippen LogP) is 3.86. The first kappa shape index (κ1) is 15.6. The van der Waals surface area contributed by atoms with Crippen molar-refractivity contribution in [1.29, 1.82) is 0 Å². The van der Waals surface area contributed by atoms with Gasteiger partial charge in [0.2, 0.25) is 5.88 Å². The molecule has 2 aromatic rings. The summed E-state index contributed by atoms with van der Waals surface area (Å²) in [5.74, 6) is 1.20. The molecule has 2 aromatic heterocycles. The number of anilines is 2. The second-order valence-electron chi connectivity index (χ2n) is 5.78. The van der Waals surface area contributed by atoms with Crippen LogP contribution in [0.2, 0.25) is 0 Å². The van der Waals surface area contributed by atoms with E-state index < -0.39 is 0 Å². The molecule has 3 N–H and O–H groups in total. The van der Waals surface area contributed by atoms with Crippen LogP contribution in [0.15, 0.2) is 23.7 Å². The van der Waals surface area contributed by atoms with Crippen LogP contribution < -0.4 is 15.8 Å². The molecule has 2 heterocycles. The maximum atomic E-state index is 5.93. The number of ether oxygens (including phenoxy) is 1. The number of nitrogens with one attached hydrogen (secondary N) is 1. The van der Waals surface area contributed by atoms with Gasteiger partial charge in [0.05, 0.1) is 11.7 Å². The Labute approximate surface area is 129 Å². The maximum absolute atomic E-state index is 5.93. The molecule has 6 heteroatoms. The first-order valence-corrected chi connectivity index (χ1v) is 7.88. The Morgan fingerprint density at radius 2 is 2.14 bits per heavy atom. The molecule has 0 fully saturated rings. The summed E-state index contributed by atoms with van der Waals surface area (Å²) in [5, 5.41) is 6.41. The largest absolute Gasteiger partial charge is 0.470 e. The summed E-state index contributed by atoms with van der Waals surface area (Å²) in [6.07, 6.45) is 2.74. The van der Waals surface area contributed by atoms with Crippen LogP contribution in [0.4, 0.5) is 11.5 Å². The minimum atomic E-state index is -0.334. The van der Waals surface area contributed by atoms with Gasteiger partial charge in [0.15, 0.2) is 0 Å². The number of pyridine rings is 1. The van der Waals surface area contributed by atoms with E-state index >= 15 is 0 Å². The van der Waals surface area contributed by atoms with Gasteiger partial charge in [-0.15, -0.1) is 11.3 Å². The third-order valence-corrected chi connectivity index (χ3v) is 3.66. The monoisotopic (exact) mass is 306 g/mol. The Balaban J connectivity index is 2.18. The van der Waals surface area contributed by atoms with Gasteiger partial charge in [-0.25, -0.2) is 4.98 Å². The van der Waals surface area contributed by atoms with Gasteiger partial charge >= 0.3 is 0 Å². The van der Waals surface area contributed by atoms with Crippen LogP contribution in [0, 0.1) is 0 Å². The Morgan fingerprint density at radius 3 is 2.71 bits per heavy atom. The van der Waals surface area contributed by atoms with Gasteiger partial charge in [-0.3, -0.25) is 0 Å². The zero-order valence-corrected chi connectivity index (χ0v) is 13.7. The lowest BCUT2D eigenvalue weighted by atomic mass is 10.2. The lowest BCUT2D eigenvalue weighted by molar-refractivity contribution is 0.125. The molecule has 0 bridgehead atoms. The number of aromatic nitrogens is 2. The van der Waals surface area contributed by atoms with E-state index in [9.17, 15) is 0 Å². The first-order valence-electron chi connectivity index (χ1n) is 7.00. The Bertz CT molecular complexity index is 578. The molecule has 0 spiro atoms. The van der Waals surface area contributed by atoms with E-state index in [1.807, 2.05) is 44.5 Å². The minimum absolute atomic E-state index is 0.142. The molecule has 2 rings (SSSR count). The number of nitrogens with two attached hydrogens (primary N) is 1. The van der Waals surface area contributed by atoms with Gasteiger partial charge < -0.3 is 15.8 Å². The second kappa shape index (κ2) is 6.30. The van der Waals surface area contributed by atoms with Crippen molar-refractivity contribution >= 4 is 22.8 Å². The molecule has 0 aliphatic heterocycles. The third-order valence-electron chi connectivity index (χ3n) is 2.77. The van der Waals surface area contributed by atoms with Crippen molar-refractivity contribution in [2.75, 3.05) is 11.1 Å². The van der Waals surface area contributed by atoms with Crippen LogP contribution in [0.3, 0.4) is 0 Å². The molecule has 114 valence electrons. The summed E-state index contributed by atoms with van der Waals surface area (Å²) in [7, 11) is 0. The predicted molar refractivity (Wildman–Crippen MR) is 87.8 cm³/mol. The SMILES string of the molecule is CCC(Nc1ccc(N)c(OC(C)(C)C)n1)c1nccs1. The fourth-order valence-electron chi connectivity index (χ4n) is 1.83. The van der Waals surface area contributed by atoms with E-state index in [2.05, 4.69) is 22.2 Å². The van der Waals surface area contributed by atoms with Crippen molar-refractivity contribution in [1.82, 2.24) is 9.97 Å². The van der Waals surface area contributed by atoms with E-state index in [0.29, 0.717) is 11.6 Å². The van der Waals surface area contributed by atoms with Gasteiger partial charge in [-0.2, -0.15) is 4.98 Å². The van der Waals surface area contributed by atoms with Crippen LogP contribution in [-0.2, 0) is 0 Å². The Kier molecular flexibility index (Phi) is 4.67. The summed E-state index contributed by atoms with van der Waals surface area (Å²) >= 11 is 1.63. The molecule has 5 nitrogen and oxygen atoms in total. The summed E-state index contributed by atoms with van der Waals surface area (Å²) in [5.41, 5.74) is 6.13. The van der Waals surface area contributed by atoms with E-state index in [0.717, 1.165) is 17.2 Å². The molecule has 0 aliphatic rings. The van der Waals surface area contributed by atoms with E-state index in [1.165, 1.54) is 0 Å². The summed E-state index contributed by atoms with van der Waals surface area (Å²) < 4.78 is 5.79. The molecular formula is C15H22N4OS. The lowest BCUT2D eigenvalue weighted by Crippen LogP contribution is -2.24. The molecule has 1 atom stereocenters. The number of hydrogen-bond donors (Lipinski definition) is 2. The minimum Gasteiger partial charge on any atom is -0.470 e. The van der Waals surface area contributed by atoms with Gasteiger partial charge in [-0.1, -0.05) is 6.92 Å². The molecular weight excluding hydrogens is 284 g/mol. The molecule has 0 saturated heterocycles.